The van der Waals surface area contributed by atoms with E-state index in [1.807, 2.05) is 39.9 Å². The summed E-state index contributed by atoms with van der Waals surface area (Å²) in [5.74, 6) is -1.59. The van der Waals surface area contributed by atoms with Crippen LogP contribution >= 0.6 is 30.8 Å². The predicted molar refractivity (Wildman–Crippen MR) is 330 cm³/mol. The van der Waals surface area contributed by atoms with E-state index in [0.29, 0.717) is 33.2 Å². The molecule has 0 saturated carbocycles. The molecule has 7 N–H and O–H groups in total. The lowest BCUT2D eigenvalue weighted by atomic mass is 9.97. The van der Waals surface area contributed by atoms with Gasteiger partial charge in [0.2, 0.25) is 29.5 Å². The zero-order valence-electron chi connectivity index (χ0n) is 51.3. The van der Waals surface area contributed by atoms with Crippen LogP contribution in [0.2, 0.25) is 10.0 Å². The number of hydrogen-bond donors (Lipinski definition) is 7. The number of halogens is 5. The fraction of sp³-hybridized carbons (Fsp3) is 0.420. The first-order valence-corrected chi connectivity index (χ1v) is 35.4. The van der Waals surface area contributed by atoms with E-state index in [9.17, 15) is 67.1 Å². The number of hydrogen-bond acceptors (Lipinski definition) is 25. The number of carbonyl (C=O) groups is 3. The number of aryl methyl sites for hydroxylation is 2. The van der Waals surface area contributed by atoms with Crippen molar-refractivity contribution in [2.75, 3.05) is 69.3 Å². The Bertz CT molecular complexity index is 3930. The van der Waals surface area contributed by atoms with E-state index >= 15 is 0 Å². The number of amides is 4. The highest BCUT2D eigenvalue weighted by molar-refractivity contribution is 7.94. The predicted octanol–water partition coefficient (Wildman–Crippen LogP) is 5.26. The van der Waals surface area contributed by atoms with Gasteiger partial charge < -0.3 is 42.8 Å². The molecule has 0 aliphatic rings. The number of carboxylic acid groups (broad SMARTS) is 1. The number of anilines is 2. The molecule has 0 aliphatic heterocycles. The lowest BCUT2D eigenvalue weighted by Gasteiger charge is -2.14. The minimum Gasteiger partial charge on any atom is -0.778 e. The van der Waals surface area contributed by atoms with Crippen LogP contribution in [0.3, 0.4) is 0 Å². The van der Waals surface area contributed by atoms with Crippen molar-refractivity contribution in [3.8, 4) is 29.2 Å². The van der Waals surface area contributed by atoms with E-state index in [4.69, 9.17) is 56.6 Å². The van der Waals surface area contributed by atoms with Crippen molar-refractivity contribution in [3.63, 3.8) is 0 Å². The summed E-state index contributed by atoms with van der Waals surface area (Å²) in [6.07, 6.45) is 0.709. The Labute approximate surface area is 539 Å². The molecule has 1 unspecified atom stereocenters. The molecule has 4 heterocycles. The average molecular weight is 1440 g/mol. The number of carboxylic acids is 1. The summed E-state index contributed by atoms with van der Waals surface area (Å²) < 4.78 is 151. The van der Waals surface area contributed by atoms with Crippen LogP contribution in [-0.2, 0) is 62.0 Å². The molecule has 0 saturated heterocycles. The Morgan fingerprint density at radius 1 is 0.815 bits per heavy atom. The van der Waals surface area contributed by atoms with Crippen LogP contribution in [0.15, 0.2) is 84.8 Å². The van der Waals surface area contributed by atoms with Gasteiger partial charge in [-0.05, 0) is 67.9 Å². The summed E-state index contributed by atoms with van der Waals surface area (Å²) in [6.45, 7) is 11.8. The monoisotopic (exact) mass is 1440 g/mol. The van der Waals surface area contributed by atoms with Gasteiger partial charge in [0.1, 0.15) is 24.1 Å². The van der Waals surface area contributed by atoms with Gasteiger partial charge in [0.25, 0.3) is 20.0 Å². The molecule has 1 atom stereocenters. The SMILES string of the molecule is CC(C)Oc1cc(-n2nc(C(C)(C)C)oc2=O)c(Cl)cc1Cl.CCS(=O)(=O)c1cccnc1S(=O)(=O)NC(=O)Nc1nc(OC)cc(OC)n1.COc1nc(C)nc(NC(=O)NS(=O)(=O)c2ccccc2CCC(F)(F)F)n1.C[S+](C)C.O=C(O)CNCP(=O)([O-])O. The lowest BCUT2D eigenvalue weighted by molar-refractivity contribution is -0.193. The Morgan fingerprint density at radius 3 is 1.85 bits per heavy atom. The molecule has 4 aromatic heterocycles. The van der Waals surface area contributed by atoms with E-state index in [2.05, 4.69) is 64.4 Å². The maximum absolute atomic E-state index is 12.5. The van der Waals surface area contributed by atoms with Crippen molar-refractivity contribution in [3.05, 3.63) is 98.7 Å². The Balaban J connectivity index is 0.000000427. The van der Waals surface area contributed by atoms with Crippen LogP contribution in [0.5, 0.6) is 23.5 Å². The smallest absolute Gasteiger partial charge is 0.442 e. The highest BCUT2D eigenvalue weighted by Crippen LogP contribution is 2.34. The minimum absolute atomic E-state index is 0.0612. The van der Waals surface area contributed by atoms with Gasteiger partial charge in [0, 0.05) is 24.1 Å². The first kappa shape index (κ1) is 80.6. The number of ether oxygens (including phenoxy) is 4. The number of aliphatic carboxylic acids is 1. The van der Waals surface area contributed by atoms with Gasteiger partial charge in [-0.15, -0.1) is 5.10 Å². The molecule has 42 heteroatoms. The molecule has 0 spiro atoms. The van der Waals surface area contributed by atoms with Crippen LogP contribution in [0, 0.1) is 6.92 Å². The average Bonchev–Trinajstić information content (AvgIpc) is 1.28. The first-order valence-electron chi connectivity index (χ1n) is 25.8. The first-order chi connectivity index (χ1) is 42.4. The summed E-state index contributed by atoms with van der Waals surface area (Å²) in [7, 11) is -12.7. The van der Waals surface area contributed by atoms with Crippen molar-refractivity contribution in [2.45, 2.75) is 93.8 Å². The van der Waals surface area contributed by atoms with Gasteiger partial charge in [-0.25, -0.2) is 45.6 Å². The van der Waals surface area contributed by atoms with Crippen molar-refractivity contribution >= 4 is 102 Å². The van der Waals surface area contributed by atoms with Gasteiger partial charge in [-0.1, -0.05) is 69.1 Å². The normalized spacial score (nSPS) is 12.1. The second-order valence-electron chi connectivity index (χ2n) is 19.6. The molecule has 0 fully saturated rings. The van der Waals surface area contributed by atoms with Gasteiger partial charge in [0.15, 0.2) is 14.9 Å². The van der Waals surface area contributed by atoms with Crippen molar-refractivity contribution in [2.24, 2.45) is 0 Å². The van der Waals surface area contributed by atoms with Gasteiger partial charge in [-0.2, -0.15) is 51.2 Å². The summed E-state index contributed by atoms with van der Waals surface area (Å²) in [6, 6.07) is 9.39. The standard InChI is InChI=1S/C15H18Cl2N2O3.C15H16F3N5O4S.C14H17N5O7S2.C3H8NO5P.C3H9S/c1-8(2)21-12-7-11(9(16)6-10(12)17)19-14(20)22-13(18-19)15(3,4)5;1-9-19-12(22-14(20-9)27-2)21-13(24)23-28(25,26)11-6-4-3-5-10(11)7-8-15(16,17)18;1-4-27(21,22)9-6-5-7-15-12(9)28(23,24)19-14(20)18-13-16-10(25-2)8-11(17-13)26-3;5-3(6)1-4-2-10(7,8)9;1-4(2)3/h6-8H,1-5H3;3-6H,7-8H2,1-2H3,(H2,19,20,21,22,23,24);5-8H,4H2,1-3H3,(H2,16,17,18,19,20);4H,1-2H2,(H,5,6)(H2,7,8,9);1-3H3/q;;;;+1/p-1. The molecule has 2 aromatic carbocycles. The number of aromatic nitrogens is 8. The molecule has 92 heavy (non-hydrogen) atoms. The Kier molecular flexibility index (Phi) is 31.1. The summed E-state index contributed by atoms with van der Waals surface area (Å²) in [4.78, 5) is 85.6. The fourth-order valence-electron chi connectivity index (χ4n) is 6.16. The number of nitrogens with one attached hydrogen (secondary N) is 5. The summed E-state index contributed by atoms with van der Waals surface area (Å²) >= 11 is 12.3. The number of nitrogens with zero attached hydrogens (tertiary/aromatic N) is 8. The molecule has 4 amide bonds. The fourth-order valence-corrected chi connectivity index (χ4v) is 10.8. The number of benzene rings is 2. The minimum atomic E-state index is -4.61. The third-order valence-corrected chi connectivity index (χ3v) is 15.8. The third-order valence-electron chi connectivity index (χ3n) is 9.93. The van der Waals surface area contributed by atoms with Gasteiger partial charge in [0.05, 0.1) is 91.5 Å². The number of alkyl halides is 3. The van der Waals surface area contributed by atoms with Crippen molar-refractivity contribution in [1.29, 1.82) is 0 Å². The molecular formula is C50H67Cl2F3N13O19PS4. The number of methoxy groups -OCH3 is 3. The molecule has 6 rings (SSSR count). The Hall–Kier alpha value is -7.49. The Morgan fingerprint density at radius 2 is 1.36 bits per heavy atom. The largest absolute Gasteiger partial charge is 0.778 e. The number of sulfonamides is 2. The van der Waals surface area contributed by atoms with Crippen LogP contribution in [-0.4, -0.2) is 164 Å². The lowest BCUT2D eigenvalue weighted by Crippen LogP contribution is -2.36. The van der Waals surface area contributed by atoms with Crippen LogP contribution in [0.4, 0.5) is 34.7 Å². The summed E-state index contributed by atoms with van der Waals surface area (Å²) in [5.41, 5.74) is -0.0932. The maximum atomic E-state index is 12.5. The molecular weight excluding hydrogens is 1370 g/mol. The van der Waals surface area contributed by atoms with Crippen LogP contribution in [0.25, 0.3) is 5.69 Å². The quantitative estimate of drug-likeness (QED) is 0.0378. The summed E-state index contributed by atoms with van der Waals surface area (Å²) in [5, 5.41) is 18.3. The molecule has 0 bridgehead atoms. The highest BCUT2D eigenvalue weighted by Gasteiger charge is 2.31. The van der Waals surface area contributed by atoms with Crippen LogP contribution in [0.1, 0.15) is 65.2 Å². The van der Waals surface area contributed by atoms with Gasteiger partial charge >= 0.3 is 36.0 Å². The number of urea groups is 2. The van der Waals surface area contributed by atoms with Crippen molar-refractivity contribution < 1.29 is 95.6 Å². The van der Waals surface area contributed by atoms with Gasteiger partial charge in [-0.3, -0.25) is 20.7 Å². The number of sulfone groups is 1. The third kappa shape index (κ3) is 28.6. The van der Waals surface area contributed by atoms with Crippen molar-refractivity contribution in [1.82, 2.24) is 54.4 Å². The van der Waals surface area contributed by atoms with E-state index in [-0.39, 0.29) is 63.3 Å². The molecule has 510 valence electrons. The topological polar surface area (TPSA) is 457 Å². The maximum Gasteiger partial charge on any atom is 0.442 e. The zero-order valence-corrected chi connectivity index (χ0v) is 56.9. The zero-order chi connectivity index (χ0) is 70.3. The highest BCUT2D eigenvalue weighted by atomic mass is 35.5. The molecule has 32 nitrogen and oxygen atoms in total. The number of carbonyl (C=O) groups excluding carboxylic acids is 2. The van der Waals surface area contributed by atoms with Crippen LogP contribution < -0.4 is 55.0 Å². The molecule has 0 aliphatic carbocycles. The second-order valence-corrected chi connectivity index (χ2v) is 29.9. The van der Waals surface area contributed by atoms with E-state index in [1.165, 1.54) is 71.6 Å². The second kappa shape index (κ2) is 35.5. The van der Waals surface area contributed by atoms with E-state index < -0.39 is 108 Å². The number of pyridine rings is 1. The van der Waals surface area contributed by atoms with E-state index in [1.54, 1.807) is 15.5 Å². The van der Waals surface area contributed by atoms with E-state index in [0.717, 1.165) is 23.0 Å². The molecule has 6 aromatic rings. The number of rotatable bonds is 20. The molecule has 0 radical (unpaired) electrons.